The van der Waals surface area contributed by atoms with Gasteiger partial charge in [-0.2, -0.15) is 5.10 Å². The number of pyridine rings is 1. The molecule has 0 saturated carbocycles. The van der Waals surface area contributed by atoms with Crippen molar-refractivity contribution in [3.63, 3.8) is 0 Å². The molecule has 0 aliphatic rings. The highest BCUT2D eigenvalue weighted by Gasteiger charge is 2.17. The third kappa shape index (κ3) is 2.56. The molecule has 21 heavy (non-hydrogen) atoms. The fourth-order valence-electron chi connectivity index (χ4n) is 2.10. The van der Waals surface area contributed by atoms with Gasteiger partial charge in [0.25, 0.3) is 0 Å². The maximum absolute atomic E-state index is 11.4. The fourth-order valence-corrected chi connectivity index (χ4v) is 2.65. The van der Waals surface area contributed by atoms with E-state index in [9.17, 15) is 9.90 Å². The number of hydrogen-bond acceptors (Lipinski definition) is 4. The lowest BCUT2D eigenvalue weighted by Gasteiger charge is -2.11. The molecule has 3 rings (SSSR count). The molecule has 1 aromatic carbocycles. The first-order chi connectivity index (χ1) is 10.1. The van der Waals surface area contributed by atoms with Crippen LogP contribution in [0.5, 0.6) is 0 Å². The zero-order valence-corrected chi connectivity index (χ0v) is 13.2. The van der Waals surface area contributed by atoms with Crippen LogP contribution in [-0.2, 0) is 7.05 Å². The molecule has 0 fully saturated rings. The van der Waals surface area contributed by atoms with Gasteiger partial charge in [-0.3, -0.25) is 4.68 Å². The molecule has 0 bridgehead atoms. The first kappa shape index (κ1) is 13.8. The van der Waals surface area contributed by atoms with Gasteiger partial charge in [0, 0.05) is 22.5 Å². The minimum absolute atomic E-state index is 0.120. The number of hydrogen-bond donors (Lipinski definition) is 2. The average Bonchev–Trinajstić information content (AvgIpc) is 2.81. The van der Waals surface area contributed by atoms with Crippen molar-refractivity contribution in [2.24, 2.45) is 7.05 Å². The molecular weight excluding hydrogens is 383 g/mol. The highest BCUT2D eigenvalue weighted by Crippen LogP contribution is 2.29. The van der Waals surface area contributed by atoms with Crippen LogP contribution in [0.1, 0.15) is 10.4 Å². The number of carboxylic acid groups (broad SMARTS) is 1. The summed E-state index contributed by atoms with van der Waals surface area (Å²) in [5.41, 5.74) is 2.07. The monoisotopic (exact) mass is 394 g/mol. The number of carboxylic acids is 1. The molecule has 0 spiro atoms. The van der Waals surface area contributed by atoms with Crippen LogP contribution < -0.4 is 5.32 Å². The van der Waals surface area contributed by atoms with Gasteiger partial charge in [0.05, 0.1) is 17.3 Å². The Bertz CT molecular complexity index is 844. The van der Waals surface area contributed by atoms with Crippen LogP contribution in [0, 0.1) is 3.57 Å². The molecule has 0 aliphatic carbocycles. The summed E-state index contributed by atoms with van der Waals surface area (Å²) in [7, 11) is 1.77. The predicted molar refractivity (Wildman–Crippen MR) is 87.9 cm³/mol. The Morgan fingerprint density at radius 1 is 1.38 bits per heavy atom. The van der Waals surface area contributed by atoms with Crippen molar-refractivity contribution >= 4 is 51.0 Å². The Morgan fingerprint density at radius 2 is 2.19 bits per heavy atom. The number of rotatable bonds is 3. The van der Waals surface area contributed by atoms with Crippen LogP contribution >= 0.6 is 22.6 Å². The molecule has 0 radical (unpaired) electrons. The lowest BCUT2D eigenvalue weighted by atomic mass is 10.1. The molecule has 7 heteroatoms. The van der Waals surface area contributed by atoms with Crippen LogP contribution in [0.4, 0.5) is 11.4 Å². The molecular formula is C14H11IN4O2. The maximum Gasteiger partial charge on any atom is 0.339 e. The quantitative estimate of drug-likeness (QED) is 0.668. The van der Waals surface area contributed by atoms with E-state index in [1.165, 1.54) is 6.20 Å². The van der Waals surface area contributed by atoms with Gasteiger partial charge >= 0.3 is 5.97 Å². The first-order valence-corrected chi connectivity index (χ1v) is 7.21. The van der Waals surface area contributed by atoms with Crippen molar-refractivity contribution in [3.8, 4) is 0 Å². The molecule has 0 saturated heterocycles. The Labute approximate surface area is 133 Å². The molecule has 0 unspecified atom stereocenters. The number of aryl methyl sites for hydroxylation is 1. The normalized spacial score (nSPS) is 10.8. The topological polar surface area (TPSA) is 80.0 Å². The third-order valence-electron chi connectivity index (χ3n) is 3.09. The Balaban J connectivity index is 2.18. The van der Waals surface area contributed by atoms with E-state index < -0.39 is 5.97 Å². The number of nitrogens with one attached hydrogen (secondary N) is 1. The van der Waals surface area contributed by atoms with E-state index in [4.69, 9.17) is 0 Å². The molecule has 3 aromatic rings. The second-order valence-corrected chi connectivity index (χ2v) is 5.74. The number of aromatic carboxylic acids is 1. The minimum Gasteiger partial charge on any atom is -0.478 e. The van der Waals surface area contributed by atoms with E-state index in [0.717, 1.165) is 9.26 Å². The Morgan fingerprint density at radius 3 is 2.90 bits per heavy atom. The van der Waals surface area contributed by atoms with E-state index in [1.54, 1.807) is 17.9 Å². The van der Waals surface area contributed by atoms with Crippen molar-refractivity contribution in [2.75, 3.05) is 5.32 Å². The summed E-state index contributed by atoms with van der Waals surface area (Å²) in [6, 6.07) is 7.70. The zero-order chi connectivity index (χ0) is 15.0. The van der Waals surface area contributed by atoms with Crippen LogP contribution in [-0.4, -0.2) is 25.8 Å². The third-order valence-corrected chi connectivity index (χ3v) is 3.76. The molecule has 0 amide bonds. The molecule has 2 heterocycles. The van der Waals surface area contributed by atoms with Gasteiger partial charge in [-0.15, -0.1) is 0 Å². The number of halogens is 1. The number of benzene rings is 1. The highest BCUT2D eigenvalue weighted by molar-refractivity contribution is 14.1. The Hall–Kier alpha value is -2.16. The van der Waals surface area contributed by atoms with Crippen LogP contribution in [0.25, 0.3) is 11.0 Å². The first-order valence-electron chi connectivity index (χ1n) is 6.13. The van der Waals surface area contributed by atoms with Crippen molar-refractivity contribution in [3.05, 3.63) is 45.8 Å². The molecule has 2 aromatic heterocycles. The number of nitrogens with zero attached hydrogens (tertiary/aromatic N) is 3. The van der Waals surface area contributed by atoms with Gasteiger partial charge < -0.3 is 10.4 Å². The second kappa shape index (κ2) is 5.32. The fraction of sp³-hybridized carbons (Fsp3) is 0.0714. The van der Waals surface area contributed by atoms with Gasteiger partial charge in [0.2, 0.25) is 0 Å². The maximum atomic E-state index is 11.4. The molecule has 0 aliphatic heterocycles. The van der Waals surface area contributed by atoms with Crippen molar-refractivity contribution in [2.45, 2.75) is 0 Å². The summed E-state index contributed by atoms with van der Waals surface area (Å²) in [6.45, 7) is 0. The van der Waals surface area contributed by atoms with Crippen molar-refractivity contribution in [1.82, 2.24) is 14.8 Å². The van der Waals surface area contributed by atoms with Crippen molar-refractivity contribution < 1.29 is 9.90 Å². The average molecular weight is 394 g/mol. The predicted octanol–water partition coefficient (Wildman–Crippen LogP) is 3.01. The highest BCUT2D eigenvalue weighted by atomic mass is 127. The summed E-state index contributed by atoms with van der Waals surface area (Å²) in [5, 5.41) is 17.3. The molecule has 0 atom stereocenters. The Kier molecular flexibility index (Phi) is 3.50. The minimum atomic E-state index is -1.03. The lowest BCUT2D eigenvalue weighted by molar-refractivity contribution is 0.0697. The number of fused-ring (bicyclic) bond motifs is 1. The molecule has 2 N–H and O–H groups in total. The van der Waals surface area contributed by atoms with Gasteiger partial charge in [-0.1, -0.05) is 6.07 Å². The van der Waals surface area contributed by atoms with E-state index in [2.05, 4.69) is 38.0 Å². The summed E-state index contributed by atoms with van der Waals surface area (Å²) in [5.74, 6) is -1.03. The van der Waals surface area contributed by atoms with E-state index >= 15 is 0 Å². The lowest BCUT2D eigenvalue weighted by Crippen LogP contribution is -2.05. The van der Waals surface area contributed by atoms with Gasteiger partial charge in [-0.05, 0) is 40.8 Å². The number of aromatic nitrogens is 3. The molecule has 106 valence electrons. The van der Waals surface area contributed by atoms with Crippen LogP contribution in [0.15, 0.2) is 36.7 Å². The summed E-state index contributed by atoms with van der Waals surface area (Å²) < 4.78 is 2.67. The van der Waals surface area contributed by atoms with Gasteiger partial charge in [0.15, 0.2) is 5.65 Å². The SMILES string of the molecule is Cn1ncc2c(Nc3cccc(I)c3)c(C(=O)O)cnc21. The van der Waals surface area contributed by atoms with Crippen molar-refractivity contribution in [1.29, 1.82) is 0 Å². The zero-order valence-electron chi connectivity index (χ0n) is 11.0. The number of carbonyl (C=O) groups is 1. The smallest absolute Gasteiger partial charge is 0.339 e. The second-order valence-electron chi connectivity index (χ2n) is 4.49. The van der Waals surface area contributed by atoms with E-state index in [-0.39, 0.29) is 5.56 Å². The standard InChI is InChI=1S/C14H11IN4O2/c1-19-13-10(7-17-19)12(11(6-16-13)14(20)21)18-9-4-2-3-8(15)5-9/h2-7H,1H3,(H,16,18)(H,20,21). The summed E-state index contributed by atoms with van der Waals surface area (Å²) in [4.78, 5) is 15.6. The van der Waals surface area contributed by atoms with Crippen LogP contribution in [0.3, 0.4) is 0 Å². The van der Waals surface area contributed by atoms with Gasteiger partial charge in [0.1, 0.15) is 5.56 Å². The summed E-state index contributed by atoms with van der Waals surface area (Å²) in [6.07, 6.45) is 2.97. The van der Waals surface area contributed by atoms with Gasteiger partial charge in [-0.25, -0.2) is 9.78 Å². The largest absolute Gasteiger partial charge is 0.478 e. The van der Waals surface area contributed by atoms with E-state index in [0.29, 0.717) is 16.7 Å². The number of anilines is 2. The summed E-state index contributed by atoms with van der Waals surface area (Å²) >= 11 is 2.21. The molecule has 6 nitrogen and oxygen atoms in total. The van der Waals surface area contributed by atoms with Crippen LogP contribution in [0.2, 0.25) is 0 Å². The van der Waals surface area contributed by atoms with E-state index in [1.807, 2.05) is 24.3 Å².